The Morgan fingerprint density at radius 3 is 2.72 bits per heavy atom. The number of benzene rings is 2. The van der Waals surface area contributed by atoms with Crippen LogP contribution in [0, 0.1) is 10.1 Å². The van der Waals surface area contributed by atoms with Crippen LogP contribution in [0.4, 0.5) is 5.69 Å². The highest BCUT2D eigenvalue weighted by Crippen LogP contribution is 2.23. The molecule has 2 aromatic carbocycles. The number of carbonyl (C=O) groups is 2. The Bertz CT molecular complexity index is 1080. The first-order valence-electron chi connectivity index (χ1n) is 8.87. The number of amides is 1. The fourth-order valence-electron chi connectivity index (χ4n) is 2.99. The lowest BCUT2D eigenvalue weighted by molar-refractivity contribution is -0.384. The van der Waals surface area contributed by atoms with Crippen molar-refractivity contribution in [3.63, 3.8) is 0 Å². The average molecular weight is 416 g/mol. The third-order valence-corrected chi connectivity index (χ3v) is 4.70. The van der Waals surface area contributed by atoms with E-state index in [9.17, 15) is 19.7 Å². The van der Waals surface area contributed by atoms with Crippen LogP contribution in [0.5, 0.6) is 0 Å². The summed E-state index contributed by atoms with van der Waals surface area (Å²) < 4.78 is 5.10. The second-order valence-electron chi connectivity index (χ2n) is 6.26. The number of rotatable bonds is 7. The molecule has 0 saturated carbocycles. The molecule has 0 radical (unpaired) electrons. The highest BCUT2D eigenvalue weighted by Gasteiger charge is 2.25. The lowest BCUT2D eigenvalue weighted by Crippen LogP contribution is -2.43. The van der Waals surface area contributed by atoms with Crippen molar-refractivity contribution in [3.8, 4) is 0 Å². The molecule has 0 fully saturated rings. The zero-order valence-electron chi connectivity index (χ0n) is 15.5. The molecule has 9 heteroatoms. The highest BCUT2D eigenvalue weighted by molar-refractivity contribution is 6.34. The lowest BCUT2D eigenvalue weighted by Gasteiger charge is -2.17. The van der Waals surface area contributed by atoms with E-state index in [4.69, 9.17) is 16.3 Å². The SMILES string of the molecule is CCOC(=O)C(Cc1c[nH]c2ccccc12)NC(=O)c1ccc([N+](=O)[O-])cc1Cl. The molecular formula is C20H18ClN3O5. The number of nitrogens with zero attached hydrogens (tertiary/aromatic N) is 1. The van der Waals surface area contributed by atoms with Crippen molar-refractivity contribution in [1.29, 1.82) is 0 Å². The number of hydrogen-bond acceptors (Lipinski definition) is 5. The van der Waals surface area contributed by atoms with Crippen molar-refractivity contribution in [2.45, 2.75) is 19.4 Å². The smallest absolute Gasteiger partial charge is 0.328 e. The van der Waals surface area contributed by atoms with E-state index >= 15 is 0 Å². The largest absolute Gasteiger partial charge is 0.464 e. The van der Waals surface area contributed by atoms with Crippen molar-refractivity contribution in [2.24, 2.45) is 0 Å². The number of nitro groups is 1. The number of aromatic nitrogens is 1. The second-order valence-corrected chi connectivity index (χ2v) is 6.67. The third kappa shape index (κ3) is 4.55. The average Bonchev–Trinajstić information content (AvgIpc) is 3.10. The number of ether oxygens (including phenoxy) is 1. The molecule has 0 saturated heterocycles. The Labute approximate surface area is 171 Å². The van der Waals surface area contributed by atoms with Gasteiger partial charge in [0.1, 0.15) is 6.04 Å². The van der Waals surface area contributed by atoms with E-state index in [-0.39, 0.29) is 29.3 Å². The summed E-state index contributed by atoms with van der Waals surface area (Å²) in [6.07, 6.45) is 1.99. The fourth-order valence-corrected chi connectivity index (χ4v) is 3.25. The quantitative estimate of drug-likeness (QED) is 0.347. The number of fused-ring (bicyclic) bond motifs is 1. The van der Waals surface area contributed by atoms with Gasteiger partial charge in [0.2, 0.25) is 0 Å². The van der Waals surface area contributed by atoms with Gasteiger partial charge in [-0.25, -0.2) is 4.79 Å². The first-order valence-corrected chi connectivity index (χ1v) is 9.25. The van der Waals surface area contributed by atoms with Gasteiger partial charge in [0.05, 0.1) is 22.1 Å². The number of esters is 1. The molecule has 8 nitrogen and oxygen atoms in total. The monoisotopic (exact) mass is 415 g/mol. The summed E-state index contributed by atoms with van der Waals surface area (Å²) in [6, 6.07) is 10.2. The second kappa shape index (κ2) is 8.74. The van der Waals surface area contributed by atoms with E-state index < -0.39 is 22.8 Å². The molecule has 0 spiro atoms. The number of H-pyrrole nitrogens is 1. The van der Waals surface area contributed by atoms with Crippen LogP contribution >= 0.6 is 11.6 Å². The molecule has 0 bridgehead atoms. The van der Waals surface area contributed by atoms with E-state index in [2.05, 4.69) is 10.3 Å². The maximum absolute atomic E-state index is 12.7. The van der Waals surface area contributed by atoms with E-state index in [0.717, 1.165) is 22.5 Å². The van der Waals surface area contributed by atoms with Crippen molar-refractivity contribution >= 4 is 40.1 Å². The van der Waals surface area contributed by atoms with E-state index in [1.54, 1.807) is 13.1 Å². The number of halogens is 1. The van der Waals surface area contributed by atoms with Gasteiger partial charge in [0.25, 0.3) is 11.6 Å². The normalized spacial score (nSPS) is 11.8. The Morgan fingerprint density at radius 2 is 2.03 bits per heavy atom. The summed E-state index contributed by atoms with van der Waals surface area (Å²) in [4.78, 5) is 38.5. The number of nitrogens with one attached hydrogen (secondary N) is 2. The van der Waals surface area contributed by atoms with Crippen molar-refractivity contribution in [1.82, 2.24) is 10.3 Å². The van der Waals surface area contributed by atoms with Crippen LogP contribution < -0.4 is 5.32 Å². The summed E-state index contributed by atoms with van der Waals surface area (Å²) in [5, 5.41) is 14.3. The van der Waals surface area contributed by atoms with Gasteiger partial charge in [-0.15, -0.1) is 0 Å². The minimum absolute atomic E-state index is 0.0329. The number of carbonyl (C=O) groups excluding carboxylic acids is 2. The van der Waals surface area contributed by atoms with Crippen LogP contribution in [-0.2, 0) is 16.0 Å². The minimum Gasteiger partial charge on any atom is -0.464 e. The summed E-state index contributed by atoms with van der Waals surface area (Å²) in [5.41, 5.74) is 1.56. The molecule has 1 heterocycles. The van der Waals surface area contributed by atoms with Gasteiger partial charge in [0.15, 0.2) is 0 Å². The van der Waals surface area contributed by atoms with Crippen molar-refractivity contribution in [3.05, 3.63) is 74.9 Å². The predicted octanol–water partition coefficient (Wildman–Crippen LogP) is 3.63. The van der Waals surface area contributed by atoms with Crippen LogP contribution in [0.25, 0.3) is 10.9 Å². The molecule has 29 heavy (non-hydrogen) atoms. The van der Waals surface area contributed by atoms with Crippen LogP contribution in [-0.4, -0.2) is 34.4 Å². The molecule has 150 valence electrons. The van der Waals surface area contributed by atoms with E-state index in [1.807, 2.05) is 24.3 Å². The number of nitro benzene ring substituents is 1. The van der Waals surface area contributed by atoms with Gasteiger partial charge >= 0.3 is 5.97 Å². The van der Waals surface area contributed by atoms with Crippen molar-refractivity contribution in [2.75, 3.05) is 6.61 Å². The molecule has 1 atom stereocenters. The summed E-state index contributed by atoms with van der Waals surface area (Å²) in [7, 11) is 0. The summed E-state index contributed by atoms with van der Waals surface area (Å²) in [5.74, 6) is -1.20. The van der Waals surface area contributed by atoms with E-state index in [0.29, 0.717) is 0 Å². The molecule has 1 aromatic heterocycles. The minimum atomic E-state index is -0.951. The first kappa shape index (κ1) is 20.3. The topological polar surface area (TPSA) is 114 Å². The van der Waals surface area contributed by atoms with Crippen molar-refractivity contribution < 1.29 is 19.2 Å². The van der Waals surface area contributed by atoms with Gasteiger partial charge in [-0.2, -0.15) is 0 Å². The molecular weight excluding hydrogens is 398 g/mol. The number of para-hydroxylation sites is 1. The summed E-state index contributed by atoms with van der Waals surface area (Å²) in [6.45, 7) is 1.84. The standard InChI is InChI=1S/C20H18ClN3O5/c1-2-29-20(26)18(9-12-11-22-17-6-4-3-5-14(12)17)23-19(25)15-8-7-13(24(27)28)10-16(15)21/h3-8,10-11,18,22H,2,9H2,1H3,(H,23,25). The third-order valence-electron chi connectivity index (χ3n) is 4.38. The molecule has 0 aliphatic carbocycles. The summed E-state index contributed by atoms with van der Waals surface area (Å²) >= 11 is 6.03. The van der Waals surface area contributed by atoms with Gasteiger partial charge in [-0.1, -0.05) is 29.8 Å². The van der Waals surface area contributed by atoms with E-state index in [1.165, 1.54) is 12.1 Å². The predicted molar refractivity (Wildman–Crippen MR) is 108 cm³/mol. The Morgan fingerprint density at radius 1 is 1.28 bits per heavy atom. The highest BCUT2D eigenvalue weighted by atomic mass is 35.5. The number of non-ortho nitro benzene ring substituents is 1. The molecule has 1 unspecified atom stereocenters. The lowest BCUT2D eigenvalue weighted by atomic mass is 10.0. The molecule has 0 aliphatic heterocycles. The van der Waals surface area contributed by atoms with Gasteiger partial charge in [-0.3, -0.25) is 14.9 Å². The number of hydrogen-bond donors (Lipinski definition) is 2. The molecule has 3 aromatic rings. The molecule has 1 amide bonds. The Hall–Kier alpha value is -3.39. The zero-order chi connectivity index (χ0) is 21.0. The number of aromatic amines is 1. The van der Waals surface area contributed by atoms with Crippen LogP contribution in [0.1, 0.15) is 22.8 Å². The molecule has 3 rings (SSSR count). The van der Waals surface area contributed by atoms with Crippen LogP contribution in [0.3, 0.4) is 0 Å². The molecule has 0 aliphatic rings. The molecule has 2 N–H and O–H groups in total. The van der Waals surface area contributed by atoms with Gasteiger partial charge in [-0.05, 0) is 24.6 Å². The maximum atomic E-state index is 12.7. The Balaban J connectivity index is 1.85. The van der Waals surface area contributed by atoms with Crippen LogP contribution in [0.15, 0.2) is 48.7 Å². The zero-order valence-corrected chi connectivity index (χ0v) is 16.2. The first-order chi connectivity index (χ1) is 13.9. The van der Waals surface area contributed by atoms with Crippen LogP contribution in [0.2, 0.25) is 5.02 Å². The van der Waals surface area contributed by atoms with Gasteiger partial charge < -0.3 is 15.0 Å². The van der Waals surface area contributed by atoms with Gasteiger partial charge in [0, 0.05) is 35.7 Å². The fraction of sp³-hybridized carbons (Fsp3) is 0.200. The maximum Gasteiger partial charge on any atom is 0.328 e. The Kier molecular flexibility index (Phi) is 6.13.